The van der Waals surface area contributed by atoms with Crippen LogP contribution in [0.2, 0.25) is 4.34 Å². The van der Waals surface area contributed by atoms with Gasteiger partial charge in [-0.3, -0.25) is 0 Å². The van der Waals surface area contributed by atoms with E-state index < -0.39 is 11.7 Å². The predicted octanol–water partition coefficient (Wildman–Crippen LogP) is 6.25. The van der Waals surface area contributed by atoms with Crippen LogP contribution in [-0.2, 0) is 6.18 Å². The summed E-state index contributed by atoms with van der Waals surface area (Å²) in [4.78, 5) is 0.828. The van der Waals surface area contributed by atoms with E-state index in [9.17, 15) is 13.2 Å². The lowest BCUT2D eigenvalue weighted by atomic mass is 10.0. The van der Waals surface area contributed by atoms with Crippen molar-refractivity contribution in [2.75, 3.05) is 7.05 Å². The quantitative estimate of drug-likeness (QED) is 0.567. The van der Waals surface area contributed by atoms with Crippen molar-refractivity contribution in [1.29, 1.82) is 0 Å². The van der Waals surface area contributed by atoms with Crippen LogP contribution in [0, 0.1) is 0 Å². The average Bonchev–Trinajstić information content (AvgIpc) is 2.71. The Bertz CT molecular complexity index is 638. The monoisotopic (exact) mass is 461 g/mol. The van der Waals surface area contributed by atoms with E-state index in [1.807, 2.05) is 0 Å². The fraction of sp³-hybridized carbons (Fsp3) is 0.231. The molecule has 0 saturated heterocycles. The molecule has 8 heteroatoms. The summed E-state index contributed by atoms with van der Waals surface area (Å²) < 4.78 is 40.5. The molecular weight excluding hydrogens is 454 g/mol. The fourth-order valence-electron chi connectivity index (χ4n) is 1.90. The Morgan fingerprint density at radius 3 is 2.33 bits per heavy atom. The molecule has 1 atom stereocenters. The minimum absolute atomic E-state index is 0.379. The van der Waals surface area contributed by atoms with Crippen LogP contribution in [0.25, 0.3) is 0 Å². The van der Waals surface area contributed by atoms with Crippen molar-refractivity contribution in [1.82, 2.24) is 5.32 Å². The van der Waals surface area contributed by atoms with Crippen LogP contribution in [0.15, 0.2) is 33.2 Å². The zero-order valence-corrected chi connectivity index (χ0v) is 15.3. The molecule has 1 aromatic carbocycles. The molecule has 1 N–H and O–H groups in total. The molecular formula is C13H9Br2ClF3NS. The van der Waals surface area contributed by atoms with E-state index in [2.05, 4.69) is 37.2 Å². The zero-order valence-electron chi connectivity index (χ0n) is 10.6. The smallest absolute Gasteiger partial charge is 0.309 e. The van der Waals surface area contributed by atoms with Gasteiger partial charge in [0.25, 0.3) is 0 Å². The maximum absolute atomic E-state index is 12.9. The predicted molar refractivity (Wildman–Crippen MR) is 87.1 cm³/mol. The van der Waals surface area contributed by atoms with Gasteiger partial charge in [-0.05, 0) is 52.8 Å². The molecule has 2 rings (SSSR count). The zero-order chi connectivity index (χ0) is 15.8. The first-order valence-electron chi connectivity index (χ1n) is 5.72. The van der Waals surface area contributed by atoms with E-state index in [4.69, 9.17) is 11.6 Å². The molecule has 0 bridgehead atoms. The topological polar surface area (TPSA) is 12.0 Å². The van der Waals surface area contributed by atoms with Crippen molar-refractivity contribution in [3.63, 3.8) is 0 Å². The number of thiophene rings is 1. The molecule has 0 aliphatic carbocycles. The third-order valence-electron chi connectivity index (χ3n) is 2.87. The highest BCUT2D eigenvalue weighted by Crippen LogP contribution is 2.40. The van der Waals surface area contributed by atoms with Crippen molar-refractivity contribution in [3.8, 4) is 0 Å². The largest absolute Gasteiger partial charge is 0.416 e. The summed E-state index contributed by atoms with van der Waals surface area (Å²) in [6.45, 7) is 0. The van der Waals surface area contributed by atoms with E-state index in [-0.39, 0.29) is 6.04 Å². The number of rotatable bonds is 3. The van der Waals surface area contributed by atoms with Gasteiger partial charge in [-0.1, -0.05) is 27.5 Å². The molecule has 0 aliphatic heterocycles. The summed E-state index contributed by atoms with van der Waals surface area (Å²) in [6.07, 6.45) is -4.37. The summed E-state index contributed by atoms with van der Waals surface area (Å²) >= 11 is 14.0. The van der Waals surface area contributed by atoms with Crippen molar-refractivity contribution in [3.05, 3.63) is 53.6 Å². The summed E-state index contributed by atoms with van der Waals surface area (Å²) in [7, 11) is 1.69. The maximum atomic E-state index is 12.9. The Kier molecular flexibility index (Phi) is 5.41. The number of nitrogens with one attached hydrogen (secondary N) is 1. The van der Waals surface area contributed by atoms with Gasteiger partial charge in [0.05, 0.1) is 11.6 Å². The van der Waals surface area contributed by atoms with Gasteiger partial charge < -0.3 is 5.32 Å². The number of hydrogen-bond acceptors (Lipinski definition) is 2. The van der Waals surface area contributed by atoms with Gasteiger partial charge in [0.1, 0.15) is 4.34 Å². The molecule has 0 saturated carbocycles. The van der Waals surface area contributed by atoms with Gasteiger partial charge in [0.15, 0.2) is 0 Å². The Hall–Kier alpha value is -0.0800. The Labute approximate surface area is 145 Å². The SMILES string of the molecule is CNC(c1cc(Br)c(Cl)s1)c1cc(C(F)(F)F)ccc1Br. The molecule has 0 radical (unpaired) electrons. The van der Waals surface area contributed by atoms with Crippen molar-refractivity contribution < 1.29 is 13.2 Å². The number of hydrogen-bond donors (Lipinski definition) is 1. The molecule has 2 aromatic rings. The lowest BCUT2D eigenvalue weighted by Gasteiger charge is -2.18. The van der Waals surface area contributed by atoms with Gasteiger partial charge in [0.2, 0.25) is 0 Å². The van der Waals surface area contributed by atoms with Crippen LogP contribution >= 0.6 is 54.8 Å². The van der Waals surface area contributed by atoms with Gasteiger partial charge in [-0.15, -0.1) is 11.3 Å². The van der Waals surface area contributed by atoms with E-state index in [1.165, 1.54) is 17.4 Å². The number of benzene rings is 1. The first-order valence-corrected chi connectivity index (χ1v) is 8.50. The standard InChI is InChI=1S/C13H9Br2ClF3NS/c1-20-11(10-5-9(15)12(16)21-10)7-4-6(13(17,18)19)2-3-8(7)14/h2-5,11,20H,1H3. The second-order valence-electron chi connectivity index (χ2n) is 4.23. The molecule has 0 amide bonds. The van der Waals surface area contributed by atoms with E-state index in [0.717, 1.165) is 21.5 Å². The average molecular weight is 464 g/mol. The second kappa shape index (κ2) is 6.58. The maximum Gasteiger partial charge on any atom is 0.416 e. The van der Waals surface area contributed by atoms with Crippen LogP contribution in [-0.4, -0.2) is 7.05 Å². The summed E-state index contributed by atoms with van der Waals surface area (Å²) in [5.41, 5.74) is -0.166. The Morgan fingerprint density at radius 1 is 1.19 bits per heavy atom. The van der Waals surface area contributed by atoms with E-state index in [1.54, 1.807) is 13.1 Å². The van der Waals surface area contributed by atoms with Crippen molar-refractivity contribution in [2.45, 2.75) is 12.2 Å². The Morgan fingerprint density at radius 2 is 1.86 bits per heavy atom. The van der Waals surface area contributed by atoms with Gasteiger partial charge >= 0.3 is 6.18 Å². The summed E-state index contributed by atoms with van der Waals surface area (Å²) in [5.74, 6) is 0. The number of halogens is 6. The number of alkyl halides is 3. The second-order valence-corrected chi connectivity index (χ2v) is 7.62. The third-order valence-corrected chi connectivity index (χ3v) is 6.13. The van der Waals surface area contributed by atoms with Crippen LogP contribution in [0.4, 0.5) is 13.2 Å². The first kappa shape index (κ1) is 17.3. The van der Waals surface area contributed by atoms with Gasteiger partial charge in [-0.25, -0.2) is 0 Å². The molecule has 114 valence electrons. The molecule has 21 heavy (non-hydrogen) atoms. The minimum Gasteiger partial charge on any atom is -0.309 e. The van der Waals surface area contributed by atoms with Crippen LogP contribution < -0.4 is 5.32 Å². The molecule has 0 spiro atoms. The summed E-state index contributed by atoms with van der Waals surface area (Å²) in [6, 6.07) is 5.04. The lowest BCUT2D eigenvalue weighted by molar-refractivity contribution is -0.137. The van der Waals surface area contributed by atoms with Crippen LogP contribution in [0.1, 0.15) is 22.0 Å². The third kappa shape index (κ3) is 3.82. The highest BCUT2D eigenvalue weighted by Gasteiger charge is 2.32. The fourth-order valence-corrected chi connectivity index (χ4v) is 4.24. The first-order chi connectivity index (χ1) is 9.74. The molecule has 1 unspecified atom stereocenters. The minimum atomic E-state index is -4.37. The van der Waals surface area contributed by atoms with E-state index >= 15 is 0 Å². The van der Waals surface area contributed by atoms with Crippen LogP contribution in [0.3, 0.4) is 0 Å². The lowest BCUT2D eigenvalue weighted by Crippen LogP contribution is -2.18. The molecule has 0 fully saturated rings. The molecule has 1 nitrogen and oxygen atoms in total. The molecule has 1 aromatic heterocycles. The highest BCUT2D eigenvalue weighted by atomic mass is 79.9. The molecule has 0 aliphatic rings. The normalized spacial score (nSPS) is 13.5. The molecule has 1 heterocycles. The van der Waals surface area contributed by atoms with Crippen molar-refractivity contribution in [2.24, 2.45) is 0 Å². The summed E-state index contributed by atoms with van der Waals surface area (Å²) in [5, 5.41) is 3.03. The van der Waals surface area contributed by atoms with Gasteiger partial charge in [0, 0.05) is 13.8 Å². The van der Waals surface area contributed by atoms with Crippen molar-refractivity contribution >= 4 is 54.8 Å². The highest BCUT2D eigenvalue weighted by molar-refractivity contribution is 9.10. The van der Waals surface area contributed by atoms with E-state index in [0.29, 0.717) is 14.4 Å². The van der Waals surface area contributed by atoms with Crippen LogP contribution in [0.5, 0.6) is 0 Å². The van der Waals surface area contributed by atoms with Gasteiger partial charge in [-0.2, -0.15) is 13.2 Å². The Balaban J connectivity index is 2.51.